The molecule has 0 bridgehead atoms. The summed E-state index contributed by atoms with van der Waals surface area (Å²) in [6.45, 7) is 4.24. The summed E-state index contributed by atoms with van der Waals surface area (Å²) in [7, 11) is -5.18. The minimum absolute atomic E-state index is 0.0759. The summed E-state index contributed by atoms with van der Waals surface area (Å²) < 4.78 is 87.9. The number of sulfonamides is 2. The van der Waals surface area contributed by atoms with Gasteiger partial charge in [-0.2, -0.15) is 9.10 Å². The molecule has 19 nitrogen and oxygen atoms in total. The number of carbonyl (C=O) groups is 3. The molecule has 8 rings (SSSR count). The number of hydrogen-bond acceptors (Lipinski definition) is 14. The molecule has 0 aliphatic carbocycles. The molecule has 1 fully saturated rings. The number of fused-ring (bicyclic) bond motifs is 1. The molecule has 0 saturated carbocycles. The van der Waals surface area contributed by atoms with E-state index in [9.17, 15) is 14.4 Å². The van der Waals surface area contributed by atoms with E-state index in [0.29, 0.717) is 31.9 Å². The highest BCUT2D eigenvalue weighted by Crippen LogP contribution is 2.39. The first-order valence-corrected chi connectivity index (χ1v) is 26.3. The lowest BCUT2D eigenvalue weighted by molar-refractivity contribution is 0.0189. The second-order valence-corrected chi connectivity index (χ2v) is 22.5. The van der Waals surface area contributed by atoms with Crippen molar-refractivity contribution in [1.29, 1.82) is 0 Å². The number of amides is 3. The molecule has 3 amide bonds. The Labute approximate surface area is 425 Å². The van der Waals surface area contributed by atoms with Gasteiger partial charge in [0.25, 0.3) is 11.8 Å². The molecular formula is C49H51IN8O11S2. The normalized spacial score (nSPS) is 16.1. The Balaban J connectivity index is 1.21. The number of hydrogen-bond donors (Lipinski definition) is 1. The number of halogens is 1. The SMILES string of the molecule is COc1ccc(CN(Cc2ccc(OC)cc2)S(=O)(=O)c2c(S(=O)(=O)N[C@@H]3C[C@H](CN4C(=O)c5ccccc5C4=O)N(C(=O)OC(C)(C)C)C3)ccc(I)c2-c2nnn(Cc3ccc(OC)cc3)n2)cc1. The van der Waals surface area contributed by atoms with Gasteiger partial charge in [0.2, 0.25) is 25.9 Å². The average molecular weight is 1120 g/mol. The summed E-state index contributed by atoms with van der Waals surface area (Å²) in [6, 6.07) is 27.9. The number of aromatic nitrogens is 4. The van der Waals surface area contributed by atoms with Crippen molar-refractivity contribution in [2.75, 3.05) is 34.4 Å². The van der Waals surface area contributed by atoms with Crippen LogP contribution in [0.15, 0.2) is 119 Å². The Morgan fingerprint density at radius 1 is 0.761 bits per heavy atom. The highest BCUT2D eigenvalue weighted by Gasteiger charge is 2.45. The van der Waals surface area contributed by atoms with Crippen molar-refractivity contribution in [3.05, 3.63) is 141 Å². The molecule has 71 heavy (non-hydrogen) atoms. The van der Waals surface area contributed by atoms with Crippen molar-refractivity contribution in [3.8, 4) is 28.6 Å². The Morgan fingerprint density at radius 2 is 1.28 bits per heavy atom. The summed E-state index contributed by atoms with van der Waals surface area (Å²) in [5.74, 6) is 0.464. The van der Waals surface area contributed by atoms with Gasteiger partial charge in [0.05, 0.1) is 50.6 Å². The molecule has 2 aliphatic rings. The maximum atomic E-state index is 15.8. The maximum Gasteiger partial charge on any atom is 0.410 e. The molecule has 5 aromatic carbocycles. The van der Waals surface area contributed by atoms with E-state index in [2.05, 4.69) is 20.1 Å². The second-order valence-electron chi connectivity index (χ2n) is 17.8. The number of nitrogens with zero attached hydrogens (tertiary/aromatic N) is 7. The first kappa shape index (κ1) is 50.9. The molecule has 2 atom stereocenters. The van der Waals surface area contributed by atoms with E-state index >= 15 is 16.8 Å². The number of nitrogens with one attached hydrogen (secondary N) is 1. The number of carbonyl (C=O) groups excluding carboxylic acids is 3. The molecule has 1 saturated heterocycles. The minimum atomic E-state index is -4.89. The van der Waals surface area contributed by atoms with E-state index in [1.807, 2.05) is 34.7 Å². The monoisotopic (exact) mass is 1120 g/mol. The van der Waals surface area contributed by atoms with Crippen LogP contribution in [0.1, 0.15) is 64.6 Å². The van der Waals surface area contributed by atoms with Crippen molar-refractivity contribution in [1.82, 2.24) is 39.0 Å². The molecule has 1 N–H and O–H groups in total. The summed E-state index contributed by atoms with van der Waals surface area (Å²) in [5, 5.41) is 13.2. The van der Waals surface area contributed by atoms with Crippen LogP contribution < -0.4 is 18.9 Å². The fraction of sp³-hybridized carbons (Fsp3) is 0.306. The van der Waals surface area contributed by atoms with Crippen LogP contribution in [-0.4, -0.2) is 121 Å². The van der Waals surface area contributed by atoms with Gasteiger partial charge in [0, 0.05) is 35.8 Å². The van der Waals surface area contributed by atoms with Crippen molar-refractivity contribution in [2.45, 2.75) is 74.3 Å². The predicted molar refractivity (Wildman–Crippen MR) is 268 cm³/mol. The van der Waals surface area contributed by atoms with Crippen LogP contribution in [0, 0.1) is 3.57 Å². The summed E-state index contributed by atoms with van der Waals surface area (Å²) in [6.07, 6.45) is -0.870. The molecule has 0 radical (unpaired) electrons. The topological polar surface area (TPSA) is 222 Å². The second kappa shape index (κ2) is 20.7. The Morgan fingerprint density at radius 3 is 1.79 bits per heavy atom. The summed E-state index contributed by atoms with van der Waals surface area (Å²) >= 11 is 1.93. The molecule has 6 aromatic rings. The van der Waals surface area contributed by atoms with Gasteiger partial charge in [0.1, 0.15) is 32.6 Å². The highest BCUT2D eigenvalue weighted by molar-refractivity contribution is 14.1. The molecule has 0 unspecified atom stereocenters. The van der Waals surface area contributed by atoms with Crippen LogP contribution in [0.25, 0.3) is 11.4 Å². The standard InChI is InChI=1S/C49H51IN8O11S2/c1-49(2,3)69-48(61)56-29-34(25-35(56)30-57-46(59)39-9-7-8-10-40(39)47(57)60)53-70(62,63)42-24-23-41(50)43(45-51-54-58(52-45)28-33-15-21-38(68-6)22-16-33)44(42)71(64,65)55(26-31-11-17-36(66-4)18-12-31)27-32-13-19-37(67-5)20-14-32/h7-24,34-35,53H,25-30H2,1-6H3/t34-,35-/m1/s1. The van der Waals surface area contributed by atoms with E-state index in [4.69, 9.17) is 18.9 Å². The third kappa shape index (κ3) is 11.2. The average Bonchev–Trinajstić information content (AvgIpc) is 4.04. The zero-order valence-electron chi connectivity index (χ0n) is 39.6. The number of likely N-dealkylation sites (tertiary alicyclic amines) is 1. The zero-order valence-corrected chi connectivity index (χ0v) is 43.4. The maximum absolute atomic E-state index is 15.8. The lowest BCUT2D eigenvalue weighted by Gasteiger charge is -2.30. The van der Waals surface area contributed by atoms with Gasteiger partial charge in [0.15, 0.2) is 0 Å². The van der Waals surface area contributed by atoms with Crippen LogP contribution in [0.5, 0.6) is 17.2 Å². The molecular weight excluding hydrogens is 1070 g/mol. The molecule has 2 aliphatic heterocycles. The lowest BCUT2D eigenvalue weighted by atomic mass is 10.1. The molecule has 3 heterocycles. The number of ether oxygens (including phenoxy) is 4. The van der Waals surface area contributed by atoms with Crippen LogP contribution in [-0.2, 0) is 44.4 Å². The number of methoxy groups -OCH3 is 3. The highest BCUT2D eigenvalue weighted by atomic mass is 127. The number of rotatable bonds is 17. The zero-order chi connectivity index (χ0) is 50.8. The van der Waals surface area contributed by atoms with Crippen LogP contribution in [0.2, 0.25) is 0 Å². The van der Waals surface area contributed by atoms with Crippen LogP contribution in [0.3, 0.4) is 0 Å². The lowest BCUT2D eigenvalue weighted by Crippen LogP contribution is -2.46. The van der Waals surface area contributed by atoms with Gasteiger partial charge in [-0.05, 0) is 132 Å². The number of benzene rings is 5. The van der Waals surface area contributed by atoms with Gasteiger partial charge >= 0.3 is 6.09 Å². The van der Waals surface area contributed by atoms with Gasteiger partial charge in [-0.25, -0.2) is 26.4 Å². The summed E-state index contributed by atoms with van der Waals surface area (Å²) in [5.41, 5.74) is 1.27. The fourth-order valence-electron chi connectivity index (χ4n) is 8.36. The molecule has 22 heteroatoms. The van der Waals surface area contributed by atoms with E-state index in [0.717, 1.165) is 10.5 Å². The van der Waals surface area contributed by atoms with Gasteiger partial charge in [-0.1, -0.05) is 48.5 Å². The number of imide groups is 1. The van der Waals surface area contributed by atoms with E-state index in [1.54, 1.807) is 113 Å². The molecule has 1 aromatic heterocycles. The predicted octanol–water partition coefficient (Wildman–Crippen LogP) is 6.36. The summed E-state index contributed by atoms with van der Waals surface area (Å²) in [4.78, 5) is 43.2. The quantitative estimate of drug-likeness (QED) is 0.0776. The van der Waals surface area contributed by atoms with Crippen molar-refractivity contribution >= 4 is 60.5 Å². The Bertz CT molecular complexity index is 3100. The van der Waals surface area contributed by atoms with E-state index in [-0.39, 0.29) is 61.7 Å². The van der Waals surface area contributed by atoms with Crippen molar-refractivity contribution in [2.24, 2.45) is 0 Å². The molecule has 372 valence electrons. The van der Waals surface area contributed by atoms with E-state index in [1.165, 1.54) is 40.4 Å². The van der Waals surface area contributed by atoms with Crippen LogP contribution in [0.4, 0.5) is 4.79 Å². The van der Waals surface area contributed by atoms with E-state index < -0.39 is 65.4 Å². The fourth-order valence-corrected chi connectivity index (χ4v) is 12.9. The smallest absolute Gasteiger partial charge is 0.410 e. The van der Waals surface area contributed by atoms with Crippen molar-refractivity contribution in [3.63, 3.8) is 0 Å². The largest absolute Gasteiger partial charge is 0.497 e. The third-order valence-electron chi connectivity index (χ3n) is 11.8. The first-order valence-electron chi connectivity index (χ1n) is 22.3. The Hall–Kier alpha value is -6.47. The minimum Gasteiger partial charge on any atom is -0.497 e. The molecule has 0 spiro atoms. The first-order chi connectivity index (χ1) is 33.8. The number of tetrazole rings is 1. The third-order valence-corrected chi connectivity index (χ3v) is 16.3. The van der Waals surface area contributed by atoms with Crippen LogP contribution >= 0.6 is 22.6 Å². The van der Waals surface area contributed by atoms with Gasteiger partial charge in [-0.15, -0.1) is 10.2 Å². The van der Waals surface area contributed by atoms with Crippen molar-refractivity contribution < 1.29 is 50.2 Å². The van der Waals surface area contributed by atoms with Gasteiger partial charge in [-0.3, -0.25) is 14.5 Å². The van der Waals surface area contributed by atoms with Gasteiger partial charge < -0.3 is 23.8 Å². The Kier molecular flexibility index (Phi) is 14.8.